The Balaban J connectivity index is 0.000000600. The molecule has 0 saturated carbocycles. The van der Waals surface area contributed by atoms with E-state index >= 15 is 0 Å². The highest BCUT2D eigenvalue weighted by atomic mass is 79.9. The average molecular weight is 550 g/mol. The van der Waals surface area contributed by atoms with Crippen LogP contribution in [-0.4, -0.2) is 18.2 Å². The van der Waals surface area contributed by atoms with Crippen molar-refractivity contribution in [2.45, 2.75) is 60.8 Å². The quantitative estimate of drug-likeness (QED) is 0.234. The van der Waals surface area contributed by atoms with E-state index in [0.29, 0.717) is 18.7 Å². The predicted octanol–water partition coefficient (Wildman–Crippen LogP) is 8.72. The number of carbonyl (C=O) groups excluding carboxylic acids is 1. The minimum absolute atomic E-state index is 0.00408. The van der Waals surface area contributed by atoms with Gasteiger partial charge in [-0.25, -0.2) is 4.99 Å². The summed E-state index contributed by atoms with van der Waals surface area (Å²) in [7, 11) is 0. The molecule has 36 heavy (non-hydrogen) atoms. The fraction of sp³-hybridized carbons (Fsp3) is 0.312. The van der Waals surface area contributed by atoms with Gasteiger partial charge in [0.05, 0.1) is 11.4 Å². The second-order valence-corrected chi connectivity index (χ2v) is 9.75. The molecule has 0 heterocycles. The topological polar surface area (TPSA) is 41.5 Å². The number of hydrogen-bond donors (Lipinski definition) is 1. The summed E-state index contributed by atoms with van der Waals surface area (Å²) in [4.78, 5) is 16.6. The Labute approximate surface area is 227 Å². The summed E-state index contributed by atoms with van der Waals surface area (Å²) in [6.07, 6.45) is 7.93. The SMILES string of the molecule is C=C(C)CCNC(=O)C/C=C(\C)C(/C=C\C)=NC(=C)c1ccc(CC)cc1.Cc1ccc(Br)c(C)c1. The Hall–Kier alpha value is -2.98. The molecule has 0 aromatic heterocycles. The number of benzene rings is 2. The highest BCUT2D eigenvalue weighted by Gasteiger charge is 2.04. The summed E-state index contributed by atoms with van der Waals surface area (Å²) in [5.74, 6) is 0.00408. The lowest BCUT2D eigenvalue weighted by atomic mass is 10.1. The van der Waals surface area contributed by atoms with E-state index in [-0.39, 0.29) is 5.91 Å². The van der Waals surface area contributed by atoms with Gasteiger partial charge in [0.25, 0.3) is 0 Å². The number of amides is 1. The first kappa shape index (κ1) is 31.1. The third kappa shape index (κ3) is 12.1. The van der Waals surface area contributed by atoms with Gasteiger partial charge in [0.15, 0.2) is 0 Å². The van der Waals surface area contributed by atoms with E-state index in [1.807, 2.05) is 51.1 Å². The molecule has 0 fully saturated rings. The fourth-order valence-electron chi connectivity index (χ4n) is 3.19. The molecule has 0 spiro atoms. The second-order valence-electron chi connectivity index (χ2n) is 8.90. The van der Waals surface area contributed by atoms with Crippen LogP contribution in [0.4, 0.5) is 0 Å². The molecule has 0 aliphatic heterocycles. The number of carbonyl (C=O) groups is 1. The zero-order valence-corrected chi connectivity index (χ0v) is 24.3. The lowest BCUT2D eigenvalue weighted by Crippen LogP contribution is -2.23. The molecule has 192 valence electrons. The Morgan fingerprint density at radius 3 is 2.28 bits per heavy atom. The van der Waals surface area contributed by atoms with Crippen LogP contribution in [0.25, 0.3) is 5.70 Å². The van der Waals surface area contributed by atoms with Gasteiger partial charge in [-0.3, -0.25) is 4.79 Å². The van der Waals surface area contributed by atoms with Crippen molar-refractivity contribution in [2.75, 3.05) is 6.54 Å². The molecule has 4 heteroatoms. The van der Waals surface area contributed by atoms with Gasteiger partial charge in [-0.15, -0.1) is 6.58 Å². The number of allylic oxidation sites excluding steroid dienone is 3. The molecule has 0 aliphatic carbocycles. The minimum Gasteiger partial charge on any atom is -0.356 e. The summed E-state index contributed by atoms with van der Waals surface area (Å²) in [5.41, 5.74) is 8.45. The van der Waals surface area contributed by atoms with Gasteiger partial charge >= 0.3 is 0 Å². The van der Waals surface area contributed by atoms with E-state index in [0.717, 1.165) is 35.3 Å². The van der Waals surface area contributed by atoms with Crippen LogP contribution in [0.2, 0.25) is 0 Å². The van der Waals surface area contributed by atoms with Crippen LogP contribution in [0.15, 0.2) is 94.5 Å². The van der Waals surface area contributed by atoms with E-state index in [1.165, 1.54) is 21.2 Å². The lowest BCUT2D eigenvalue weighted by Gasteiger charge is -2.07. The molecule has 0 saturated heterocycles. The number of hydrogen-bond acceptors (Lipinski definition) is 2. The molecular formula is C32H41BrN2O. The number of nitrogens with zero attached hydrogens (tertiary/aromatic N) is 1. The first-order valence-electron chi connectivity index (χ1n) is 12.4. The third-order valence-electron chi connectivity index (χ3n) is 5.46. The van der Waals surface area contributed by atoms with Crippen LogP contribution in [0.1, 0.15) is 62.8 Å². The van der Waals surface area contributed by atoms with Gasteiger partial charge in [0.1, 0.15) is 0 Å². The third-order valence-corrected chi connectivity index (χ3v) is 6.35. The number of aliphatic imine (C=N–C) groups is 1. The van der Waals surface area contributed by atoms with Crippen molar-refractivity contribution >= 4 is 33.2 Å². The van der Waals surface area contributed by atoms with E-state index in [9.17, 15) is 4.79 Å². The van der Waals surface area contributed by atoms with Crippen LogP contribution in [0, 0.1) is 13.8 Å². The fourth-order valence-corrected chi connectivity index (χ4v) is 3.44. The smallest absolute Gasteiger partial charge is 0.223 e. The van der Waals surface area contributed by atoms with Crippen molar-refractivity contribution in [3.05, 3.63) is 112 Å². The Morgan fingerprint density at radius 2 is 1.75 bits per heavy atom. The molecule has 0 aliphatic rings. The summed E-state index contributed by atoms with van der Waals surface area (Å²) in [5, 5.41) is 2.90. The Bertz CT molecular complexity index is 1120. The molecule has 2 aromatic rings. The van der Waals surface area contributed by atoms with Crippen molar-refractivity contribution in [1.29, 1.82) is 0 Å². The van der Waals surface area contributed by atoms with Crippen molar-refractivity contribution in [1.82, 2.24) is 5.32 Å². The molecule has 1 amide bonds. The van der Waals surface area contributed by atoms with E-state index < -0.39 is 0 Å². The predicted molar refractivity (Wildman–Crippen MR) is 162 cm³/mol. The van der Waals surface area contributed by atoms with Gasteiger partial charge in [-0.05, 0) is 81.9 Å². The first-order chi connectivity index (χ1) is 17.1. The molecule has 0 radical (unpaired) electrons. The maximum atomic E-state index is 12.0. The monoisotopic (exact) mass is 548 g/mol. The number of halogens is 1. The van der Waals surface area contributed by atoms with Crippen LogP contribution in [0.3, 0.4) is 0 Å². The number of aryl methyl sites for hydroxylation is 3. The molecule has 0 bridgehead atoms. The highest BCUT2D eigenvalue weighted by molar-refractivity contribution is 9.10. The van der Waals surface area contributed by atoms with Crippen molar-refractivity contribution in [3.8, 4) is 0 Å². The largest absolute Gasteiger partial charge is 0.356 e. The molecule has 2 rings (SSSR count). The van der Waals surface area contributed by atoms with Gasteiger partial charge in [-0.2, -0.15) is 0 Å². The maximum absolute atomic E-state index is 12.0. The van der Waals surface area contributed by atoms with Crippen LogP contribution >= 0.6 is 15.9 Å². The molecular weight excluding hydrogens is 508 g/mol. The normalized spacial score (nSPS) is 11.6. The average Bonchev–Trinajstić information content (AvgIpc) is 2.85. The number of rotatable bonds is 10. The molecule has 2 aromatic carbocycles. The summed E-state index contributed by atoms with van der Waals surface area (Å²) in [6, 6.07) is 14.6. The minimum atomic E-state index is 0.00408. The zero-order chi connectivity index (χ0) is 27.1. The van der Waals surface area contributed by atoms with E-state index in [1.54, 1.807) is 0 Å². The Kier molecular flexibility index (Phi) is 14.4. The highest BCUT2D eigenvalue weighted by Crippen LogP contribution is 2.18. The van der Waals surface area contributed by atoms with Gasteiger partial charge in [-0.1, -0.05) is 89.1 Å². The molecule has 1 N–H and O–H groups in total. The number of nitrogens with one attached hydrogen (secondary N) is 1. The van der Waals surface area contributed by atoms with Crippen molar-refractivity contribution in [3.63, 3.8) is 0 Å². The standard InChI is InChI=1S/C24H32N2O.C8H9Br/c1-7-9-23(19(5)10-15-24(27)25-17-16-18(3)4)26-20(6)22-13-11-21(8-2)12-14-22;1-6-3-4-8(9)7(2)5-6/h7,9-14H,3,6,8,15-17H2,1-2,4-5H3,(H,25,27);3-5H,1-2H3/b9-7-,19-10+,26-23?;. The lowest BCUT2D eigenvalue weighted by molar-refractivity contribution is -0.120. The van der Waals surface area contributed by atoms with Gasteiger partial charge < -0.3 is 5.32 Å². The van der Waals surface area contributed by atoms with Gasteiger partial charge in [0.2, 0.25) is 5.91 Å². The summed E-state index contributed by atoms with van der Waals surface area (Å²) < 4.78 is 1.19. The van der Waals surface area contributed by atoms with E-state index in [2.05, 4.69) is 90.5 Å². The first-order valence-corrected chi connectivity index (χ1v) is 13.2. The van der Waals surface area contributed by atoms with Crippen molar-refractivity contribution in [2.24, 2.45) is 4.99 Å². The van der Waals surface area contributed by atoms with Crippen molar-refractivity contribution < 1.29 is 4.79 Å². The summed E-state index contributed by atoms with van der Waals surface area (Å²) in [6.45, 7) is 20.8. The van der Waals surface area contributed by atoms with Crippen LogP contribution in [-0.2, 0) is 11.2 Å². The van der Waals surface area contributed by atoms with E-state index in [4.69, 9.17) is 0 Å². The molecule has 0 unspecified atom stereocenters. The van der Waals surface area contributed by atoms with Crippen LogP contribution < -0.4 is 5.32 Å². The Morgan fingerprint density at radius 1 is 1.08 bits per heavy atom. The second kappa shape index (κ2) is 16.6. The van der Waals surface area contributed by atoms with Gasteiger partial charge in [0, 0.05) is 17.4 Å². The zero-order valence-electron chi connectivity index (χ0n) is 22.7. The maximum Gasteiger partial charge on any atom is 0.223 e. The van der Waals surface area contributed by atoms with Crippen LogP contribution in [0.5, 0.6) is 0 Å². The molecule has 3 nitrogen and oxygen atoms in total. The summed E-state index contributed by atoms with van der Waals surface area (Å²) >= 11 is 3.43. The molecule has 0 atom stereocenters.